The third kappa shape index (κ3) is 3.60. The van der Waals surface area contributed by atoms with E-state index in [1.165, 1.54) is 12.1 Å². The quantitative estimate of drug-likeness (QED) is 0.625. The van der Waals surface area contributed by atoms with Gasteiger partial charge in [-0.25, -0.2) is 9.78 Å². The lowest BCUT2D eigenvalue weighted by Gasteiger charge is -2.20. The Labute approximate surface area is 105 Å². The maximum atomic E-state index is 10.9. The standard InChI is InChI=1S/C12H13ClN2O2/c1-3-5-15(6-4-2)11-8-9(12(16)17)7-10(13)14-11/h3-4,7-8H,1-2,5-6H2,(H,16,17). The van der Waals surface area contributed by atoms with Gasteiger partial charge in [0.1, 0.15) is 11.0 Å². The van der Waals surface area contributed by atoms with Crippen molar-refractivity contribution in [2.45, 2.75) is 0 Å². The van der Waals surface area contributed by atoms with E-state index in [1.807, 2.05) is 4.90 Å². The van der Waals surface area contributed by atoms with Crippen LogP contribution in [0, 0.1) is 0 Å². The lowest BCUT2D eigenvalue weighted by molar-refractivity contribution is 0.0697. The van der Waals surface area contributed by atoms with Gasteiger partial charge in [-0.3, -0.25) is 0 Å². The van der Waals surface area contributed by atoms with E-state index in [4.69, 9.17) is 16.7 Å². The molecule has 0 spiro atoms. The molecular formula is C12H13ClN2O2. The molecule has 4 nitrogen and oxygen atoms in total. The molecule has 0 saturated carbocycles. The van der Waals surface area contributed by atoms with E-state index in [0.29, 0.717) is 18.9 Å². The average Bonchev–Trinajstić information content (AvgIpc) is 2.28. The van der Waals surface area contributed by atoms with E-state index in [-0.39, 0.29) is 10.7 Å². The second kappa shape index (κ2) is 6.06. The number of nitrogens with zero attached hydrogens (tertiary/aromatic N) is 2. The molecule has 90 valence electrons. The molecule has 5 heteroatoms. The van der Waals surface area contributed by atoms with E-state index < -0.39 is 5.97 Å². The lowest BCUT2D eigenvalue weighted by atomic mass is 10.2. The summed E-state index contributed by atoms with van der Waals surface area (Å²) < 4.78 is 0. The van der Waals surface area contributed by atoms with Gasteiger partial charge >= 0.3 is 5.97 Å². The Hall–Kier alpha value is -1.81. The van der Waals surface area contributed by atoms with Gasteiger partial charge < -0.3 is 10.0 Å². The van der Waals surface area contributed by atoms with Crippen LogP contribution in [-0.2, 0) is 0 Å². The Morgan fingerprint density at radius 3 is 2.47 bits per heavy atom. The third-order valence-electron chi connectivity index (χ3n) is 2.05. The maximum Gasteiger partial charge on any atom is 0.335 e. The molecule has 0 radical (unpaired) electrons. The molecule has 17 heavy (non-hydrogen) atoms. The van der Waals surface area contributed by atoms with E-state index in [1.54, 1.807) is 12.2 Å². The highest BCUT2D eigenvalue weighted by Gasteiger charge is 2.11. The van der Waals surface area contributed by atoms with Crippen molar-refractivity contribution in [3.05, 3.63) is 48.2 Å². The number of hydrogen-bond acceptors (Lipinski definition) is 3. The van der Waals surface area contributed by atoms with Crippen LogP contribution in [0.25, 0.3) is 0 Å². The van der Waals surface area contributed by atoms with Crippen molar-refractivity contribution in [1.29, 1.82) is 0 Å². The van der Waals surface area contributed by atoms with Crippen LogP contribution < -0.4 is 4.90 Å². The Kier molecular flexibility index (Phi) is 4.72. The number of pyridine rings is 1. The zero-order valence-corrected chi connectivity index (χ0v) is 10.0. The molecule has 1 N–H and O–H groups in total. The Bertz CT molecular complexity index is 436. The van der Waals surface area contributed by atoms with Gasteiger partial charge in [0.25, 0.3) is 0 Å². The molecule has 0 amide bonds. The monoisotopic (exact) mass is 252 g/mol. The number of hydrogen-bond donors (Lipinski definition) is 1. The largest absolute Gasteiger partial charge is 0.478 e. The summed E-state index contributed by atoms with van der Waals surface area (Å²) in [5, 5.41) is 9.08. The SMILES string of the molecule is C=CCN(CC=C)c1cc(C(=O)O)cc(Cl)n1. The average molecular weight is 253 g/mol. The number of carboxylic acid groups (broad SMARTS) is 1. The van der Waals surface area contributed by atoms with Gasteiger partial charge in [-0.1, -0.05) is 23.8 Å². The predicted octanol–water partition coefficient (Wildman–Crippen LogP) is 2.61. The predicted molar refractivity (Wildman–Crippen MR) is 68.8 cm³/mol. The minimum absolute atomic E-state index is 0.109. The van der Waals surface area contributed by atoms with Gasteiger partial charge in [-0.2, -0.15) is 0 Å². The first-order chi connectivity index (χ1) is 8.08. The van der Waals surface area contributed by atoms with Crippen LogP contribution in [0.1, 0.15) is 10.4 Å². The number of halogens is 1. The van der Waals surface area contributed by atoms with E-state index in [0.717, 1.165) is 0 Å². The molecule has 0 atom stereocenters. The highest BCUT2D eigenvalue weighted by atomic mass is 35.5. The number of aromatic carboxylic acids is 1. The van der Waals surface area contributed by atoms with Gasteiger partial charge in [-0.15, -0.1) is 13.2 Å². The normalized spacial score (nSPS) is 9.71. The summed E-state index contributed by atoms with van der Waals surface area (Å²) >= 11 is 5.79. The highest BCUT2D eigenvalue weighted by Crippen LogP contribution is 2.18. The fraction of sp³-hybridized carbons (Fsp3) is 0.167. The second-order valence-corrected chi connectivity index (χ2v) is 3.71. The summed E-state index contributed by atoms with van der Waals surface area (Å²) in [7, 11) is 0. The summed E-state index contributed by atoms with van der Waals surface area (Å²) in [4.78, 5) is 16.8. The molecule has 1 rings (SSSR count). The molecule has 0 aromatic carbocycles. The van der Waals surface area contributed by atoms with Gasteiger partial charge in [0.15, 0.2) is 0 Å². The first-order valence-corrected chi connectivity index (χ1v) is 5.34. The molecule has 1 aromatic rings. The molecule has 1 heterocycles. The first-order valence-electron chi connectivity index (χ1n) is 4.96. The number of carboxylic acids is 1. The van der Waals surface area contributed by atoms with Crippen LogP contribution in [-0.4, -0.2) is 29.1 Å². The lowest BCUT2D eigenvalue weighted by Crippen LogP contribution is -2.24. The fourth-order valence-corrected chi connectivity index (χ4v) is 1.55. The minimum atomic E-state index is -1.03. The molecule has 0 aliphatic rings. The minimum Gasteiger partial charge on any atom is -0.478 e. The Morgan fingerprint density at radius 2 is 2.00 bits per heavy atom. The van der Waals surface area contributed by atoms with Crippen molar-refractivity contribution in [3.8, 4) is 0 Å². The van der Waals surface area contributed by atoms with Crippen LogP contribution in [0.5, 0.6) is 0 Å². The topological polar surface area (TPSA) is 53.4 Å². The van der Waals surface area contributed by atoms with Crippen LogP contribution in [0.2, 0.25) is 5.15 Å². The van der Waals surface area contributed by atoms with Crippen molar-refractivity contribution in [2.75, 3.05) is 18.0 Å². The van der Waals surface area contributed by atoms with Crippen molar-refractivity contribution >= 4 is 23.4 Å². The fourth-order valence-electron chi connectivity index (χ4n) is 1.34. The van der Waals surface area contributed by atoms with Gasteiger partial charge in [0, 0.05) is 13.1 Å². The molecule has 0 fully saturated rings. The van der Waals surface area contributed by atoms with Crippen LogP contribution in [0.15, 0.2) is 37.4 Å². The zero-order chi connectivity index (χ0) is 12.8. The van der Waals surface area contributed by atoms with E-state index >= 15 is 0 Å². The molecule has 1 aromatic heterocycles. The smallest absolute Gasteiger partial charge is 0.335 e. The van der Waals surface area contributed by atoms with Crippen molar-refractivity contribution in [1.82, 2.24) is 4.98 Å². The van der Waals surface area contributed by atoms with Crippen LogP contribution in [0.3, 0.4) is 0 Å². The summed E-state index contributed by atoms with van der Waals surface area (Å²) in [5.74, 6) is -0.539. The van der Waals surface area contributed by atoms with Gasteiger partial charge in [0.2, 0.25) is 0 Å². The number of carbonyl (C=O) groups is 1. The number of aromatic nitrogens is 1. The highest BCUT2D eigenvalue weighted by molar-refractivity contribution is 6.29. The Morgan fingerprint density at radius 1 is 1.41 bits per heavy atom. The molecule has 0 saturated heterocycles. The third-order valence-corrected chi connectivity index (χ3v) is 2.24. The van der Waals surface area contributed by atoms with E-state index in [9.17, 15) is 4.79 Å². The van der Waals surface area contributed by atoms with Crippen molar-refractivity contribution in [3.63, 3.8) is 0 Å². The summed E-state index contributed by atoms with van der Waals surface area (Å²) in [6, 6.07) is 2.79. The molecule has 0 bridgehead atoms. The summed E-state index contributed by atoms with van der Waals surface area (Å²) in [6.45, 7) is 8.35. The number of rotatable bonds is 6. The molecule has 0 aliphatic heterocycles. The molecule has 0 unspecified atom stereocenters. The Balaban J connectivity index is 3.13. The molecular weight excluding hydrogens is 240 g/mol. The van der Waals surface area contributed by atoms with Gasteiger partial charge in [-0.05, 0) is 12.1 Å². The summed E-state index contributed by atoms with van der Waals surface area (Å²) in [6.07, 6.45) is 3.40. The number of anilines is 1. The summed E-state index contributed by atoms with van der Waals surface area (Å²) in [5.41, 5.74) is 0.109. The maximum absolute atomic E-state index is 10.9. The van der Waals surface area contributed by atoms with E-state index in [2.05, 4.69) is 18.1 Å². The second-order valence-electron chi connectivity index (χ2n) is 3.32. The van der Waals surface area contributed by atoms with Crippen molar-refractivity contribution in [2.24, 2.45) is 0 Å². The zero-order valence-electron chi connectivity index (χ0n) is 9.27. The first kappa shape index (κ1) is 13.3. The van der Waals surface area contributed by atoms with Gasteiger partial charge in [0.05, 0.1) is 5.56 Å². The van der Waals surface area contributed by atoms with Crippen LogP contribution >= 0.6 is 11.6 Å². The van der Waals surface area contributed by atoms with Crippen molar-refractivity contribution < 1.29 is 9.90 Å². The van der Waals surface area contributed by atoms with Crippen LogP contribution in [0.4, 0.5) is 5.82 Å². The molecule has 0 aliphatic carbocycles.